The van der Waals surface area contributed by atoms with Gasteiger partial charge in [-0.1, -0.05) is 25.7 Å². The number of halogens is 1. The highest BCUT2D eigenvalue weighted by atomic mass is 35.5. The predicted molar refractivity (Wildman–Crippen MR) is 75.8 cm³/mol. The van der Waals surface area contributed by atoms with Crippen LogP contribution in [0, 0.1) is 11.8 Å². The van der Waals surface area contributed by atoms with Gasteiger partial charge in [0.1, 0.15) is 0 Å². The van der Waals surface area contributed by atoms with Gasteiger partial charge in [0.2, 0.25) is 5.91 Å². The number of rotatable bonds is 5. The number of piperidine rings is 1. The molecule has 2 rings (SSSR count). The second kappa shape index (κ2) is 7.37. The Kier molecular flexibility index (Phi) is 5.81. The van der Waals surface area contributed by atoms with Gasteiger partial charge in [-0.15, -0.1) is 11.6 Å². The summed E-state index contributed by atoms with van der Waals surface area (Å²) in [6.45, 7) is 1.93. The van der Waals surface area contributed by atoms with E-state index in [-0.39, 0.29) is 0 Å². The summed E-state index contributed by atoms with van der Waals surface area (Å²) in [5.74, 6) is 2.60. The predicted octanol–water partition coefficient (Wildman–Crippen LogP) is 3.82. The lowest BCUT2D eigenvalue weighted by Crippen LogP contribution is -2.40. The van der Waals surface area contributed by atoms with Crippen LogP contribution in [-0.2, 0) is 4.79 Å². The standard InChI is InChI=1S/C15H26ClNO/c16-10-9-14-6-3-11-17(12-14)15(18)8-7-13-4-1-2-5-13/h13-14H,1-12H2. The van der Waals surface area contributed by atoms with Crippen molar-refractivity contribution >= 4 is 17.5 Å². The van der Waals surface area contributed by atoms with E-state index >= 15 is 0 Å². The summed E-state index contributed by atoms with van der Waals surface area (Å²) in [6.07, 6.45) is 10.8. The zero-order chi connectivity index (χ0) is 12.8. The Morgan fingerprint density at radius 1 is 1.06 bits per heavy atom. The summed E-state index contributed by atoms with van der Waals surface area (Å²) in [5, 5.41) is 0. The van der Waals surface area contributed by atoms with Gasteiger partial charge < -0.3 is 4.90 Å². The monoisotopic (exact) mass is 271 g/mol. The van der Waals surface area contributed by atoms with E-state index in [9.17, 15) is 4.79 Å². The van der Waals surface area contributed by atoms with Crippen molar-refractivity contribution in [3.63, 3.8) is 0 Å². The minimum absolute atomic E-state index is 0.390. The molecule has 0 aromatic heterocycles. The maximum atomic E-state index is 12.2. The Hall–Kier alpha value is -0.240. The molecule has 0 aromatic carbocycles. The largest absolute Gasteiger partial charge is 0.342 e. The minimum Gasteiger partial charge on any atom is -0.342 e. The molecule has 2 fully saturated rings. The molecule has 18 heavy (non-hydrogen) atoms. The van der Waals surface area contributed by atoms with Crippen LogP contribution < -0.4 is 0 Å². The molecular formula is C15H26ClNO. The highest BCUT2D eigenvalue weighted by Crippen LogP contribution is 2.29. The first kappa shape index (κ1) is 14.2. The summed E-state index contributed by atoms with van der Waals surface area (Å²) >= 11 is 5.81. The second-order valence-corrected chi connectivity index (χ2v) is 6.39. The van der Waals surface area contributed by atoms with Crippen molar-refractivity contribution in [2.75, 3.05) is 19.0 Å². The van der Waals surface area contributed by atoms with Gasteiger partial charge in [0, 0.05) is 25.4 Å². The summed E-state index contributed by atoms with van der Waals surface area (Å²) in [5.41, 5.74) is 0. The zero-order valence-corrected chi connectivity index (χ0v) is 12.1. The number of likely N-dealkylation sites (tertiary alicyclic amines) is 1. The van der Waals surface area contributed by atoms with Crippen LogP contribution in [-0.4, -0.2) is 29.8 Å². The molecule has 1 saturated carbocycles. The Morgan fingerprint density at radius 3 is 2.50 bits per heavy atom. The maximum absolute atomic E-state index is 12.2. The summed E-state index contributed by atoms with van der Waals surface area (Å²) < 4.78 is 0. The molecule has 1 unspecified atom stereocenters. The fourth-order valence-corrected chi connectivity index (χ4v) is 3.77. The summed E-state index contributed by atoms with van der Waals surface area (Å²) in [7, 11) is 0. The van der Waals surface area contributed by atoms with E-state index in [1.165, 1.54) is 32.1 Å². The van der Waals surface area contributed by atoms with Crippen LogP contribution in [0.2, 0.25) is 0 Å². The highest BCUT2D eigenvalue weighted by Gasteiger charge is 2.24. The number of hydrogen-bond donors (Lipinski definition) is 0. The summed E-state index contributed by atoms with van der Waals surface area (Å²) in [4.78, 5) is 14.3. The van der Waals surface area contributed by atoms with Crippen LogP contribution in [0.15, 0.2) is 0 Å². The molecule has 1 atom stereocenters. The molecule has 1 heterocycles. The maximum Gasteiger partial charge on any atom is 0.222 e. The fourth-order valence-electron chi connectivity index (χ4n) is 3.47. The van der Waals surface area contributed by atoms with Crippen molar-refractivity contribution in [3.05, 3.63) is 0 Å². The van der Waals surface area contributed by atoms with Gasteiger partial charge in [-0.3, -0.25) is 4.79 Å². The van der Waals surface area contributed by atoms with Gasteiger partial charge in [0.05, 0.1) is 0 Å². The van der Waals surface area contributed by atoms with E-state index < -0.39 is 0 Å². The molecule has 2 nitrogen and oxygen atoms in total. The van der Waals surface area contributed by atoms with Crippen molar-refractivity contribution in [2.24, 2.45) is 11.8 Å². The number of carbonyl (C=O) groups excluding carboxylic acids is 1. The third kappa shape index (κ3) is 4.15. The SMILES string of the molecule is O=C(CCC1CCCC1)N1CCCC(CCCl)C1. The third-order valence-electron chi connectivity index (χ3n) is 4.63. The quantitative estimate of drug-likeness (QED) is 0.696. The van der Waals surface area contributed by atoms with Crippen molar-refractivity contribution in [1.82, 2.24) is 4.90 Å². The fraction of sp³-hybridized carbons (Fsp3) is 0.933. The average molecular weight is 272 g/mol. The van der Waals surface area contributed by atoms with Crippen molar-refractivity contribution in [3.8, 4) is 0 Å². The normalized spacial score (nSPS) is 25.6. The number of amides is 1. The third-order valence-corrected chi connectivity index (χ3v) is 4.85. The van der Waals surface area contributed by atoms with E-state index in [0.29, 0.717) is 11.8 Å². The van der Waals surface area contributed by atoms with Crippen LogP contribution in [0.3, 0.4) is 0 Å². The number of alkyl halides is 1. The average Bonchev–Trinajstić information content (AvgIpc) is 2.90. The van der Waals surface area contributed by atoms with Crippen LogP contribution in [0.5, 0.6) is 0 Å². The molecule has 1 saturated heterocycles. The number of hydrogen-bond acceptors (Lipinski definition) is 1. The lowest BCUT2D eigenvalue weighted by Gasteiger charge is -2.32. The molecule has 0 radical (unpaired) electrons. The van der Waals surface area contributed by atoms with Crippen molar-refractivity contribution in [1.29, 1.82) is 0 Å². The molecular weight excluding hydrogens is 246 g/mol. The first-order valence-electron chi connectivity index (χ1n) is 7.63. The zero-order valence-electron chi connectivity index (χ0n) is 11.4. The van der Waals surface area contributed by atoms with Gasteiger partial charge in [-0.2, -0.15) is 0 Å². The van der Waals surface area contributed by atoms with Gasteiger partial charge in [-0.25, -0.2) is 0 Å². The Bertz CT molecular complexity index is 261. The van der Waals surface area contributed by atoms with Gasteiger partial charge in [0.15, 0.2) is 0 Å². The highest BCUT2D eigenvalue weighted by molar-refractivity contribution is 6.17. The van der Waals surface area contributed by atoms with E-state index in [1.807, 2.05) is 0 Å². The molecule has 1 aliphatic carbocycles. The first-order valence-corrected chi connectivity index (χ1v) is 8.17. The minimum atomic E-state index is 0.390. The van der Waals surface area contributed by atoms with Crippen LogP contribution in [0.4, 0.5) is 0 Å². The van der Waals surface area contributed by atoms with E-state index in [4.69, 9.17) is 11.6 Å². The molecule has 3 heteroatoms. The van der Waals surface area contributed by atoms with Gasteiger partial charge in [0.25, 0.3) is 0 Å². The molecule has 0 N–H and O–H groups in total. The van der Waals surface area contributed by atoms with E-state index in [0.717, 1.165) is 50.6 Å². The van der Waals surface area contributed by atoms with Crippen molar-refractivity contribution in [2.45, 2.75) is 57.8 Å². The second-order valence-electron chi connectivity index (χ2n) is 6.01. The molecule has 1 amide bonds. The van der Waals surface area contributed by atoms with Crippen molar-refractivity contribution < 1.29 is 4.79 Å². The Morgan fingerprint density at radius 2 is 1.78 bits per heavy atom. The Labute approximate surface area is 116 Å². The molecule has 1 aliphatic heterocycles. The van der Waals surface area contributed by atoms with Gasteiger partial charge in [-0.05, 0) is 37.5 Å². The summed E-state index contributed by atoms with van der Waals surface area (Å²) in [6, 6.07) is 0. The first-order chi connectivity index (χ1) is 8.79. The van der Waals surface area contributed by atoms with Gasteiger partial charge >= 0.3 is 0 Å². The lowest BCUT2D eigenvalue weighted by atomic mass is 9.94. The molecule has 104 valence electrons. The molecule has 2 aliphatic rings. The smallest absolute Gasteiger partial charge is 0.222 e. The van der Waals surface area contributed by atoms with E-state index in [2.05, 4.69) is 4.90 Å². The van der Waals surface area contributed by atoms with Crippen LogP contribution in [0.25, 0.3) is 0 Å². The lowest BCUT2D eigenvalue weighted by molar-refractivity contribution is -0.133. The molecule has 0 aromatic rings. The number of carbonyl (C=O) groups is 1. The molecule has 0 spiro atoms. The molecule has 0 bridgehead atoms. The Balaban J connectivity index is 1.70. The van der Waals surface area contributed by atoms with E-state index in [1.54, 1.807) is 0 Å². The topological polar surface area (TPSA) is 20.3 Å². The van der Waals surface area contributed by atoms with Crippen LogP contribution in [0.1, 0.15) is 57.8 Å². The number of nitrogens with zero attached hydrogens (tertiary/aromatic N) is 1. The van der Waals surface area contributed by atoms with Crippen LogP contribution >= 0.6 is 11.6 Å².